The Morgan fingerprint density at radius 2 is 1.30 bits per heavy atom. The van der Waals surface area contributed by atoms with Gasteiger partial charge in [-0.05, 0) is 48.4 Å². The minimum absolute atomic E-state index is 0.835. The van der Waals surface area contributed by atoms with Gasteiger partial charge >= 0.3 is 0 Å². The van der Waals surface area contributed by atoms with E-state index in [4.69, 9.17) is 0 Å². The Balaban J connectivity index is 1.98. The molecule has 2 saturated heterocycles. The molecule has 10 heavy (non-hydrogen) atoms. The van der Waals surface area contributed by atoms with Gasteiger partial charge in [0.15, 0.2) is 0 Å². The molecule has 0 nitrogen and oxygen atoms in total. The molecular weight excluding hydrogens is 140 g/mol. The molecule has 0 aromatic carbocycles. The van der Waals surface area contributed by atoms with E-state index in [2.05, 4.69) is 6.26 Å². The van der Waals surface area contributed by atoms with Crippen molar-refractivity contribution >= 4 is 10.9 Å². The first-order chi connectivity index (χ1) is 4.84. The molecule has 4 rings (SSSR count). The summed E-state index contributed by atoms with van der Waals surface area (Å²) in [4.78, 5) is 0. The molecule has 0 aromatic rings. The number of hydrogen-bond acceptors (Lipinski definition) is 0. The van der Waals surface area contributed by atoms with Gasteiger partial charge in [-0.3, -0.25) is 0 Å². The Hall–Kier alpha value is 0.350. The van der Waals surface area contributed by atoms with Gasteiger partial charge < -0.3 is 0 Å². The standard InChI is InChI=1S/C9H15S/c1-10-8-2-6-3-9(10)5-7(6)4-8/h6-9H,2-5H2,1H3/q+1. The summed E-state index contributed by atoms with van der Waals surface area (Å²) in [7, 11) is 0.835. The molecule has 0 spiro atoms. The summed E-state index contributed by atoms with van der Waals surface area (Å²) in [6, 6.07) is 0. The Kier molecular flexibility index (Phi) is 1.03. The highest BCUT2D eigenvalue weighted by Crippen LogP contribution is 2.55. The summed E-state index contributed by atoms with van der Waals surface area (Å²) < 4.78 is 0. The molecule has 0 atom stereocenters. The first kappa shape index (κ1) is 5.93. The molecule has 4 bridgehead atoms. The summed E-state index contributed by atoms with van der Waals surface area (Å²) in [5.74, 6) is 2.39. The van der Waals surface area contributed by atoms with Crippen LogP contribution in [0.3, 0.4) is 0 Å². The SMILES string of the molecule is C[S+]1C2CC3CC1CC3C2. The topological polar surface area (TPSA) is 0 Å². The van der Waals surface area contributed by atoms with Crippen molar-refractivity contribution in [1.82, 2.24) is 0 Å². The van der Waals surface area contributed by atoms with Crippen LogP contribution in [0.5, 0.6) is 0 Å². The van der Waals surface area contributed by atoms with Crippen molar-refractivity contribution in [2.45, 2.75) is 36.2 Å². The average Bonchev–Trinajstić information content (AvgIpc) is 2.33. The van der Waals surface area contributed by atoms with Crippen LogP contribution in [-0.4, -0.2) is 16.8 Å². The molecule has 2 heterocycles. The molecule has 0 unspecified atom stereocenters. The minimum atomic E-state index is 0.835. The highest BCUT2D eigenvalue weighted by molar-refractivity contribution is 7.97. The highest BCUT2D eigenvalue weighted by atomic mass is 32.2. The fourth-order valence-electron chi connectivity index (χ4n) is 3.38. The van der Waals surface area contributed by atoms with Crippen molar-refractivity contribution in [3.63, 3.8) is 0 Å². The van der Waals surface area contributed by atoms with Crippen LogP contribution in [0.2, 0.25) is 0 Å². The van der Waals surface area contributed by atoms with E-state index >= 15 is 0 Å². The first-order valence-corrected chi connectivity index (χ1v) is 6.24. The molecule has 2 aliphatic heterocycles. The van der Waals surface area contributed by atoms with Crippen LogP contribution in [-0.2, 0) is 10.9 Å². The third-order valence-electron chi connectivity index (χ3n) is 3.98. The lowest BCUT2D eigenvalue weighted by Gasteiger charge is -2.23. The van der Waals surface area contributed by atoms with Crippen molar-refractivity contribution in [3.8, 4) is 0 Å². The Bertz CT molecular complexity index is 136. The van der Waals surface area contributed by atoms with E-state index in [1.807, 2.05) is 0 Å². The highest BCUT2D eigenvalue weighted by Gasteiger charge is 2.57. The van der Waals surface area contributed by atoms with Crippen LogP contribution >= 0.6 is 0 Å². The van der Waals surface area contributed by atoms with Gasteiger partial charge in [-0.2, -0.15) is 0 Å². The third kappa shape index (κ3) is 0.561. The van der Waals surface area contributed by atoms with Crippen molar-refractivity contribution in [2.75, 3.05) is 6.26 Å². The van der Waals surface area contributed by atoms with Crippen LogP contribution in [0.4, 0.5) is 0 Å². The van der Waals surface area contributed by atoms with Gasteiger partial charge in [-0.1, -0.05) is 0 Å². The number of rotatable bonds is 0. The second-order valence-electron chi connectivity index (χ2n) is 4.31. The molecule has 0 N–H and O–H groups in total. The average molecular weight is 155 g/mol. The first-order valence-electron chi connectivity index (χ1n) is 4.48. The summed E-state index contributed by atoms with van der Waals surface area (Å²) in [6.07, 6.45) is 8.97. The van der Waals surface area contributed by atoms with Gasteiger partial charge in [-0.25, -0.2) is 0 Å². The largest absolute Gasteiger partial charge is 0.118 e. The van der Waals surface area contributed by atoms with Crippen molar-refractivity contribution in [3.05, 3.63) is 0 Å². The fourth-order valence-corrected chi connectivity index (χ4v) is 6.13. The molecule has 2 saturated carbocycles. The van der Waals surface area contributed by atoms with E-state index < -0.39 is 0 Å². The lowest BCUT2D eigenvalue weighted by Crippen LogP contribution is -2.34. The Labute approximate surface area is 65.7 Å². The van der Waals surface area contributed by atoms with E-state index in [0.717, 1.165) is 10.9 Å². The van der Waals surface area contributed by atoms with Gasteiger partial charge in [0, 0.05) is 0 Å². The summed E-state index contributed by atoms with van der Waals surface area (Å²) in [6.45, 7) is 0. The van der Waals surface area contributed by atoms with Crippen molar-refractivity contribution in [1.29, 1.82) is 0 Å². The lowest BCUT2D eigenvalue weighted by atomic mass is 10.0. The normalized spacial score (nSPS) is 63.9. The van der Waals surface area contributed by atoms with Crippen LogP contribution in [0.1, 0.15) is 25.7 Å². The molecule has 2 aliphatic carbocycles. The molecule has 56 valence electrons. The van der Waals surface area contributed by atoms with Crippen molar-refractivity contribution < 1.29 is 0 Å². The minimum Gasteiger partial charge on any atom is -0.0287 e. The Morgan fingerprint density at radius 1 is 0.900 bits per heavy atom. The van der Waals surface area contributed by atoms with Gasteiger partial charge in [0.05, 0.1) is 6.26 Å². The lowest BCUT2D eigenvalue weighted by molar-refractivity contribution is 0.457. The summed E-state index contributed by atoms with van der Waals surface area (Å²) >= 11 is 0. The molecule has 0 radical (unpaired) electrons. The van der Waals surface area contributed by atoms with Gasteiger partial charge in [0.2, 0.25) is 0 Å². The van der Waals surface area contributed by atoms with Crippen LogP contribution in [0, 0.1) is 11.8 Å². The molecule has 4 fully saturated rings. The molecular formula is C9H15S+. The second kappa shape index (κ2) is 1.74. The van der Waals surface area contributed by atoms with E-state index in [0.29, 0.717) is 0 Å². The van der Waals surface area contributed by atoms with Gasteiger partial charge in [0.1, 0.15) is 10.5 Å². The molecule has 0 aromatic heterocycles. The zero-order valence-corrected chi connectivity index (χ0v) is 7.36. The molecule has 1 heteroatoms. The van der Waals surface area contributed by atoms with Crippen LogP contribution in [0.25, 0.3) is 0 Å². The van der Waals surface area contributed by atoms with Crippen LogP contribution in [0.15, 0.2) is 0 Å². The third-order valence-corrected chi connectivity index (χ3v) is 6.85. The van der Waals surface area contributed by atoms with E-state index in [-0.39, 0.29) is 0 Å². The fraction of sp³-hybridized carbons (Fsp3) is 1.00. The Morgan fingerprint density at radius 3 is 1.70 bits per heavy atom. The number of hydrogen-bond donors (Lipinski definition) is 0. The summed E-state index contributed by atoms with van der Waals surface area (Å²) in [5.41, 5.74) is 0. The maximum absolute atomic E-state index is 2.52. The van der Waals surface area contributed by atoms with E-state index in [1.54, 1.807) is 25.7 Å². The van der Waals surface area contributed by atoms with Gasteiger partial charge in [-0.15, -0.1) is 0 Å². The zero-order chi connectivity index (χ0) is 6.72. The predicted octanol–water partition coefficient (Wildman–Crippen LogP) is 1.81. The monoisotopic (exact) mass is 155 g/mol. The second-order valence-corrected chi connectivity index (χ2v) is 6.86. The van der Waals surface area contributed by atoms with Crippen LogP contribution < -0.4 is 0 Å². The van der Waals surface area contributed by atoms with Crippen molar-refractivity contribution in [2.24, 2.45) is 11.8 Å². The zero-order valence-electron chi connectivity index (χ0n) is 6.55. The maximum atomic E-state index is 2.52. The van der Waals surface area contributed by atoms with E-state index in [9.17, 15) is 0 Å². The smallest absolute Gasteiger partial charge is 0.0287 e. The summed E-state index contributed by atoms with van der Waals surface area (Å²) in [5, 5.41) is 2.37. The molecule has 0 amide bonds. The van der Waals surface area contributed by atoms with E-state index in [1.165, 1.54) is 22.3 Å². The predicted molar refractivity (Wildman–Crippen MR) is 46.3 cm³/mol. The maximum Gasteiger partial charge on any atom is 0.118 e. The molecule has 4 aliphatic rings. The quantitative estimate of drug-likeness (QED) is 0.468. The van der Waals surface area contributed by atoms with Gasteiger partial charge in [0.25, 0.3) is 0 Å².